The number of sulfone groups is 1. The summed E-state index contributed by atoms with van der Waals surface area (Å²) in [6.45, 7) is 1.84. The number of hydrogen-bond acceptors (Lipinski definition) is 5. The van der Waals surface area contributed by atoms with Gasteiger partial charge in [0.2, 0.25) is 5.91 Å². The number of carbonyl (C=O) groups excluding carboxylic acids is 1. The van der Waals surface area contributed by atoms with Gasteiger partial charge in [-0.25, -0.2) is 8.42 Å². The summed E-state index contributed by atoms with van der Waals surface area (Å²) in [4.78, 5) is 27.1. The molecule has 1 amide bonds. The highest BCUT2D eigenvalue weighted by Gasteiger charge is 2.47. The number of carboxylic acids is 1. The van der Waals surface area contributed by atoms with Crippen molar-refractivity contribution in [3.05, 3.63) is 24.5 Å². The van der Waals surface area contributed by atoms with E-state index in [0.29, 0.717) is 32.6 Å². The number of hydrogen-bond donors (Lipinski definition) is 1. The van der Waals surface area contributed by atoms with Gasteiger partial charge in [-0.1, -0.05) is 0 Å². The zero-order valence-electron chi connectivity index (χ0n) is 14.0. The van der Waals surface area contributed by atoms with Gasteiger partial charge in [0, 0.05) is 51.0 Å². The minimum Gasteiger partial charge on any atom is -0.481 e. The summed E-state index contributed by atoms with van der Waals surface area (Å²) in [5.41, 5.74) is 0. The van der Waals surface area contributed by atoms with Crippen LogP contribution < -0.4 is 0 Å². The molecule has 2 fully saturated rings. The number of aromatic nitrogens is 1. The van der Waals surface area contributed by atoms with Crippen LogP contribution in [0.1, 0.15) is 12.8 Å². The van der Waals surface area contributed by atoms with E-state index in [1.54, 1.807) is 4.90 Å². The van der Waals surface area contributed by atoms with Gasteiger partial charge in [0.15, 0.2) is 9.84 Å². The molecule has 0 unspecified atom stereocenters. The highest BCUT2D eigenvalue weighted by molar-refractivity contribution is 7.91. The van der Waals surface area contributed by atoms with Crippen LogP contribution >= 0.6 is 0 Å². The van der Waals surface area contributed by atoms with E-state index in [-0.39, 0.29) is 35.9 Å². The first-order valence-corrected chi connectivity index (χ1v) is 10.2. The van der Waals surface area contributed by atoms with Gasteiger partial charge in [0.05, 0.1) is 24.0 Å². The Hall–Kier alpha value is -1.87. The predicted octanol–water partition coefficient (Wildman–Crippen LogP) is -0.337. The zero-order valence-corrected chi connectivity index (χ0v) is 14.8. The van der Waals surface area contributed by atoms with Crippen LogP contribution in [-0.2, 0) is 26.0 Å². The number of carboxylic acid groups (broad SMARTS) is 1. The molecular weight excluding hydrogens is 346 g/mol. The summed E-state index contributed by atoms with van der Waals surface area (Å²) in [6.07, 6.45) is 4.08. The van der Waals surface area contributed by atoms with Crippen molar-refractivity contribution in [2.45, 2.75) is 31.5 Å². The summed E-state index contributed by atoms with van der Waals surface area (Å²) in [5, 5.41) is 8.88. The highest BCUT2D eigenvalue weighted by atomic mass is 32.2. The average molecular weight is 369 g/mol. The first kappa shape index (κ1) is 17.9. The van der Waals surface area contributed by atoms with E-state index >= 15 is 0 Å². The van der Waals surface area contributed by atoms with Gasteiger partial charge in [-0.05, 0) is 12.1 Å². The molecule has 0 spiro atoms. The van der Waals surface area contributed by atoms with Crippen LogP contribution in [0.25, 0.3) is 0 Å². The van der Waals surface area contributed by atoms with Crippen molar-refractivity contribution in [2.24, 2.45) is 0 Å². The molecule has 1 aromatic heterocycles. The molecule has 0 bridgehead atoms. The summed E-state index contributed by atoms with van der Waals surface area (Å²) >= 11 is 0. The molecule has 3 heterocycles. The molecule has 138 valence electrons. The van der Waals surface area contributed by atoms with Crippen molar-refractivity contribution in [1.29, 1.82) is 0 Å². The van der Waals surface area contributed by atoms with E-state index in [4.69, 9.17) is 5.11 Å². The molecule has 3 rings (SSSR count). The maximum absolute atomic E-state index is 12.6. The SMILES string of the molecule is O=C(O)CCN1CCN(C(=O)CCn2cccc2)[C@H]2CS(=O)(=O)C[C@H]21. The molecule has 0 saturated carbocycles. The second kappa shape index (κ2) is 7.17. The molecule has 2 atom stereocenters. The molecule has 2 saturated heterocycles. The third-order valence-corrected chi connectivity index (χ3v) is 6.67. The Balaban J connectivity index is 1.67. The molecule has 1 N–H and O–H groups in total. The zero-order chi connectivity index (χ0) is 18.0. The van der Waals surface area contributed by atoms with Crippen molar-refractivity contribution >= 4 is 21.7 Å². The van der Waals surface area contributed by atoms with E-state index in [0.717, 1.165) is 0 Å². The topological polar surface area (TPSA) is 99.9 Å². The molecule has 2 aliphatic heterocycles. The third-order valence-electron chi connectivity index (χ3n) is 4.97. The van der Waals surface area contributed by atoms with Gasteiger partial charge in [-0.15, -0.1) is 0 Å². The van der Waals surface area contributed by atoms with Crippen LogP contribution in [0.5, 0.6) is 0 Å². The number of aryl methyl sites for hydroxylation is 1. The van der Waals surface area contributed by atoms with Crippen molar-refractivity contribution in [2.75, 3.05) is 31.1 Å². The molecule has 0 aromatic carbocycles. The number of aliphatic carboxylic acids is 1. The summed E-state index contributed by atoms with van der Waals surface area (Å²) in [7, 11) is -3.21. The Morgan fingerprint density at radius 3 is 2.36 bits per heavy atom. The number of nitrogens with zero attached hydrogens (tertiary/aromatic N) is 3. The van der Waals surface area contributed by atoms with E-state index in [1.165, 1.54) is 0 Å². The smallest absolute Gasteiger partial charge is 0.304 e. The van der Waals surface area contributed by atoms with Gasteiger partial charge in [-0.3, -0.25) is 14.5 Å². The summed E-state index contributed by atoms with van der Waals surface area (Å²) < 4.78 is 26.1. The Labute approximate surface area is 146 Å². The minimum atomic E-state index is -3.21. The Morgan fingerprint density at radius 2 is 1.68 bits per heavy atom. The van der Waals surface area contributed by atoms with Gasteiger partial charge < -0.3 is 14.6 Å². The van der Waals surface area contributed by atoms with E-state index < -0.39 is 15.8 Å². The van der Waals surface area contributed by atoms with Crippen molar-refractivity contribution in [3.63, 3.8) is 0 Å². The molecular formula is C16H23N3O5S. The fourth-order valence-electron chi connectivity index (χ4n) is 3.74. The molecule has 1 aromatic rings. The molecule has 25 heavy (non-hydrogen) atoms. The molecule has 2 aliphatic rings. The summed E-state index contributed by atoms with van der Waals surface area (Å²) in [6, 6.07) is 3.12. The first-order valence-electron chi connectivity index (χ1n) is 8.42. The number of carbonyl (C=O) groups is 2. The molecule has 0 aliphatic carbocycles. The van der Waals surface area contributed by atoms with Gasteiger partial charge in [0.25, 0.3) is 0 Å². The lowest BCUT2D eigenvalue weighted by molar-refractivity contribution is -0.140. The van der Waals surface area contributed by atoms with Gasteiger partial charge in [-0.2, -0.15) is 0 Å². The number of piperazine rings is 1. The second-order valence-electron chi connectivity index (χ2n) is 6.65. The molecule has 9 heteroatoms. The van der Waals surface area contributed by atoms with E-state index in [9.17, 15) is 18.0 Å². The second-order valence-corrected chi connectivity index (χ2v) is 8.80. The Bertz CT molecular complexity index is 731. The Kier molecular flexibility index (Phi) is 5.14. The van der Waals surface area contributed by atoms with Crippen LogP contribution in [0.3, 0.4) is 0 Å². The van der Waals surface area contributed by atoms with E-state index in [2.05, 4.69) is 0 Å². The lowest BCUT2D eigenvalue weighted by atomic mass is 10.0. The monoisotopic (exact) mass is 369 g/mol. The van der Waals surface area contributed by atoms with E-state index in [1.807, 2.05) is 34.0 Å². The number of amides is 1. The quantitative estimate of drug-likeness (QED) is 0.737. The maximum Gasteiger partial charge on any atom is 0.304 e. The standard InChI is InChI=1S/C16H23N3O5S/c20-15(3-7-17-5-1-2-6-17)19-10-9-18(8-4-16(21)22)13-11-25(23,24)12-14(13)19/h1-2,5-6,13-14H,3-4,7-12H2,(H,21,22)/t13-,14+/m1/s1. The predicted molar refractivity (Wildman–Crippen MR) is 90.8 cm³/mol. The highest BCUT2D eigenvalue weighted by Crippen LogP contribution is 2.27. The van der Waals surface area contributed by atoms with Crippen LogP contribution in [0.15, 0.2) is 24.5 Å². The van der Waals surface area contributed by atoms with Crippen molar-refractivity contribution in [1.82, 2.24) is 14.4 Å². The van der Waals surface area contributed by atoms with Crippen LogP contribution in [0, 0.1) is 0 Å². The normalized spacial score (nSPS) is 25.7. The average Bonchev–Trinajstić information content (AvgIpc) is 3.16. The number of fused-ring (bicyclic) bond motifs is 1. The molecule has 8 nitrogen and oxygen atoms in total. The largest absolute Gasteiger partial charge is 0.481 e. The van der Waals surface area contributed by atoms with Crippen LogP contribution in [0.2, 0.25) is 0 Å². The lowest BCUT2D eigenvalue weighted by Gasteiger charge is -2.43. The molecule has 0 radical (unpaired) electrons. The van der Waals surface area contributed by atoms with Gasteiger partial charge >= 0.3 is 5.97 Å². The summed E-state index contributed by atoms with van der Waals surface area (Å²) in [5.74, 6) is -0.976. The fraction of sp³-hybridized carbons (Fsp3) is 0.625. The Morgan fingerprint density at radius 1 is 1.00 bits per heavy atom. The minimum absolute atomic E-state index is 0.00132. The fourth-order valence-corrected chi connectivity index (χ4v) is 5.75. The maximum atomic E-state index is 12.6. The lowest BCUT2D eigenvalue weighted by Crippen LogP contribution is -2.60. The number of rotatable bonds is 6. The first-order chi connectivity index (χ1) is 11.9. The van der Waals surface area contributed by atoms with Gasteiger partial charge in [0.1, 0.15) is 0 Å². The van der Waals surface area contributed by atoms with Crippen molar-refractivity contribution < 1.29 is 23.1 Å². The third kappa shape index (κ3) is 4.21. The van der Waals surface area contributed by atoms with Crippen LogP contribution in [-0.4, -0.2) is 83.0 Å². The van der Waals surface area contributed by atoms with Crippen molar-refractivity contribution in [3.8, 4) is 0 Å². The van der Waals surface area contributed by atoms with Crippen LogP contribution in [0.4, 0.5) is 0 Å².